The average Bonchev–Trinajstić information content (AvgIpc) is 2.43. The van der Waals surface area contributed by atoms with E-state index in [1.165, 1.54) is 0 Å². The Bertz CT molecular complexity index is 315. The summed E-state index contributed by atoms with van der Waals surface area (Å²) in [5, 5.41) is 14.3. The van der Waals surface area contributed by atoms with Crippen LogP contribution in [0.15, 0.2) is 0 Å². The molecule has 3 heteroatoms. The Morgan fingerprint density at radius 2 is 1.93 bits per heavy atom. The van der Waals surface area contributed by atoms with Crippen molar-refractivity contribution < 1.29 is 5.11 Å². The van der Waals surface area contributed by atoms with Crippen LogP contribution in [-0.4, -0.2) is 14.9 Å². The van der Waals surface area contributed by atoms with Crippen molar-refractivity contribution in [1.29, 1.82) is 0 Å². The molecule has 0 aliphatic heterocycles. The molecule has 1 N–H and O–H groups in total. The van der Waals surface area contributed by atoms with Crippen LogP contribution in [0.4, 0.5) is 0 Å². The van der Waals surface area contributed by atoms with Gasteiger partial charge in [-0.2, -0.15) is 5.10 Å². The Morgan fingerprint density at radius 1 is 1.36 bits per heavy atom. The van der Waals surface area contributed by atoms with Crippen molar-refractivity contribution in [2.45, 2.75) is 53.0 Å². The molecule has 1 aromatic heterocycles. The van der Waals surface area contributed by atoms with Gasteiger partial charge in [0.15, 0.2) is 5.75 Å². The third kappa shape index (κ3) is 1.76. The summed E-state index contributed by atoms with van der Waals surface area (Å²) in [6, 6.07) is 0.304. The van der Waals surface area contributed by atoms with Crippen LogP contribution >= 0.6 is 0 Å². The number of nitrogens with zero attached hydrogens (tertiary/aromatic N) is 2. The normalized spacial score (nSPS) is 13.6. The van der Waals surface area contributed by atoms with Gasteiger partial charge in [0, 0.05) is 12.0 Å². The quantitative estimate of drug-likeness (QED) is 0.807. The van der Waals surface area contributed by atoms with Gasteiger partial charge in [0.2, 0.25) is 0 Å². The number of aromatic nitrogens is 2. The lowest BCUT2D eigenvalue weighted by atomic mass is 10.0. The Morgan fingerprint density at radius 3 is 2.29 bits per heavy atom. The Hall–Kier alpha value is -0.990. The van der Waals surface area contributed by atoms with Crippen molar-refractivity contribution in [2.75, 3.05) is 0 Å². The van der Waals surface area contributed by atoms with E-state index in [4.69, 9.17) is 0 Å². The molecule has 0 aliphatic carbocycles. The molecule has 1 rings (SSSR count). The molecule has 0 spiro atoms. The monoisotopic (exact) mass is 196 g/mol. The van der Waals surface area contributed by atoms with Crippen LogP contribution in [0.5, 0.6) is 5.75 Å². The second-order valence-corrected chi connectivity index (χ2v) is 4.17. The van der Waals surface area contributed by atoms with Crippen molar-refractivity contribution in [2.24, 2.45) is 0 Å². The van der Waals surface area contributed by atoms with Crippen molar-refractivity contribution in [1.82, 2.24) is 9.78 Å². The van der Waals surface area contributed by atoms with E-state index in [1.54, 1.807) is 0 Å². The number of hydrogen-bond donors (Lipinski definition) is 1. The van der Waals surface area contributed by atoms with Crippen molar-refractivity contribution >= 4 is 0 Å². The largest absolute Gasteiger partial charge is 0.504 e. The molecule has 1 heterocycles. The maximum Gasteiger partial charge on any atom is 0.160 e. The maximum absolute atomic E-state index is 9.89. The van der Waals surface area contributed by atoms with Crippen LogP contribution in [-0.2, 0) is 0 Å². The molecule has 0 aliphatic rings. The SMILES string of the molecule is CCC(C)c1nn(C(C)C)c(C)c1O. The van der Waals surface area contributed by atoms with Crippen LogP contribution in [0.1, 0.15) is 57.5 Å². The summed E-state index contributed by atoms with van der Waals surface area (Å²) in [5.41, 5.74) is 1.70. The van der Waals surface area contributed by atoms with Crippen molar-refractivity contribution in [3.8, 4) is 5.75 Å². The maximum atomic E-state index is 9.89. The van der Waals surface area contributed by atoms with Crippen LogP contribution in [0.25, 0.3) is 0 Å². The van der Waals surface area contributed by atoms with Crippen LogP contribution in [0.3, 0.4) is 0 Å². The molecule has 0 fully saturated rings. The van der Waals surface area contributed by atoms with Gasteiger partial charge < -0.3 is 5.11 Å². The summed E-state index contributed by atoms with van der Waals surface area (Å²) in [6.45, 7) is 10.2. The average molecular weight is 196 g/mol. The molecular weight excluding hydrogens is 176 g/mol. The molecule has 1 unspecified atom stereocenters. The predicted octanol–water partition coefficient (Wildman–Crippen LogP) is 2.99. The van der Waals surface area contributed by atoms with E-state index >= 15 is 0 Å². The predicted molar refractivity (Wildman–Crippen MR) is 57.7 cm³/mol. The highest BCUT2D eigenvalue weighted by atomic mass is 16.3. The molecule has 1 atom stereocenters. The van der Waals surface area contributed by atoms with Gasteiger partial charge in [0.05, 0.1) is 5.69 Å². The summed E-state index contributed by atoms with van der Waals surface area (Å²) in [6.07, 6.45) is 1.00. The van der Waals surface area contributed by atoms with E-state index < -0.39 is 0 Å². The number of aromatic hydroxyl groups is 1. The van der Waals surface area contributed by atoms with E-state index in [1.807, 2.05) is 11.6 Å². The van der Waals surface area contributed by atoms with Gasteiger partial charge in [-0.1, -0.05) is 13.8 Å². The lowest BCUT2D eigenvalue weighted by Crippen LogP contribution is -2.05. The first-order valence-electron chi connectivity index (χ1n) is 5.27. The zero-order chi connectivity index (χ0) is 10.9. The van der Waals surface area contributed by atoms with Crippen LogP contribution in [0.2, 0.25) is 0 Å². The molecule has 0 aromatic carbocycles. The summed E-state index contributed by atoms with van der Waals surface area (Å²) in [5.74, 6) is 0.696. The smallest absolute Gasteiger partial charge is 0.160 e. The summed E-state index contributed by atoms with van der Waals surface area (Å²) in [4.78, 5) is 0. The zero-order valence-electron chi connectivity index (χ0n) is 9.70. The van der Waals surface area contributed by atoms with Gasteiger partial charge in [-0.15, -0.1) is 0 Å². The molecule has 80 valence electrons. The molecule has 0 amide bonds. The van der Waals surface area contributed by atoms with Gasteiger partial charge >= 0.3 is 0 Å². The lowest BCUT2D eigenvalue weighted by molar-refractivity contribution is 0.454. The molecule has 14 heavy (non-hydrogen) atoms. The van der Waals surface area contributed by atoms with Gasteiger partial charge in [-0.25, -0.2) is 0 Å². The van der Waals surface area contributed by atoms with E-state index in [0.29, 0.717) is 17.7 Å². The van der Waals surface area contributed by atoms with E-state index in [9.17, 15) is 5.11 Å². The molecule has 0 radical (unpaired) electrons. The van der Waals surface area contributed by atoms with E-state index in [0.717, 1.165) is 17.8 Å². The van der Waals surface area contributed by atoms with Crippen LogP contribution < -0.4 is 0 Å². The fourth-order valence-electron chi connectivity index (χ4n) is 1.56. The number of rotatable bonds is 3. The summed E-state index contributed by atoms with van der Waals surface area (Å²) in [7, 11) is 0. The molecule has 3 nitrogen and oxygen atoms in total. The Kier molecular flexibility index (Phi) is 3.19. The first kappa shape index (κ1) is 11.1. The van der Waals surface area contributed by atoms with Gasteiger partial charge in [0.1, 0.15) is 5.69 Å². The fraction of sp³-hybridized carbons (Fsp3) is 0.727. The number of hydrogen-bond acceptors (Lipinski definition) is 2. The van der Waals surface area contributed by atoms with Crippen molar-refractivity contribution in [3.05, 3.63) is 11.4 Å². The minimum absolute atomic E-state index is 0.304. The molecule has 1 aromatic rings. The van der Waals surface area contributed by atoms with E-state index in [2.05, 4.69) is 32.8 Å². The Labute approximate surface area is 85.8 Å². The van der Waals surface area contributed by atoms with Crippen LogP contribution in [0, 0.1) is 6.92 Å². The highest BCUT2D eigenvalue weighted by Gasteiger charge is 2.18. The minimum Gasteiger partial charge on any atom is -0.504 e. The van der Waals surface area contributed by atoms with E-state index in [-0.39, 0.29) is 0 Å². The van der Waals surface area contributed by atoms with Gasteiger partial charge in [0.25, 0.3) is 0 Å². The second kappa shape index (κ2) is 4.03. The lowest BCUT2D eigenvalue weighted by Gasteiger charge is -2.07. The standard InChI is InChI=1S/C11H20N2O/c1-6-8(4)10-11(14)9(5)13(12-10)7(2)3/h7-8,14H,6H2,1-5H3. The zero-order valence-corrected chi connectivity index (χ0v) is 9.70. The fourth-order valence-corrected chi connectivity index (χ4v) is 1.56. The summed E-state index contributed by atoms with van der Waals surface area (Å²) >= 11 is 0. The molecule has 0 saturated heterocycles. The van der Waals surface area contributed by atoms with Gasteiger partial charge in [-0.3, -0.25) is 4.68 Å². The Balaban J connectivity index is 3.15. The third-order valence-corrected chi connectivity index (χ3v) is 2.71. The first-order valence-corrected chi connectivity index (χ1v) is 5.27. The highest BCUT2D eigenvalue weighted by molar-refractivity contribution is 5.33. The first-order chi connectivity index (χ1) is 6.49. The minimum atomic E-state index is 0.304. The molecule has 0 bridgehead atoms. The van der Waals surface area contributed by atoms with Crippen molar-refractivity contribution in [3.63, 3.8) is 0 Å². The van der Waals surface area contributed by atoms with Gasteiger partial charge in [-0.05, 0) is 27.2 Å². The third-order valence-electron chi connectivity index (χ3n) is 2.71. The summed E-state index contributed by atoms with van der Waals surface area (Å²) < 4.78 is 1.89. The second-order valence-electron chi connectivity index (χ2n) is 4.17. The topological polar surface area (TPSA) is 38.0 Å². The molecular formula is C11H20N2O. The molecule has 0 saturated carbocycles. The highest BCUT2D eigenvalue weighted by Crippen LogP contribution is 2.30.